The van der Waals surface area contributed by atoms with Crippen LogP contribution in [0.3, 0.4) is 0 Å². The summed E-state index contributed by atoms with van der Waals surface area (Å²) >= 11 is 0. The van der Waals surface area contributed by atoms with Crippen LogP contribution in [0, 0.1) is 0 Å². The second-order valence-corrected chi connectivity index (χ2v) is 5.82. The van der Waals surface area contributed by atoms with Gasteiger partial charge in [0, 0.05) is 11.1 Å². The van der Waals surface area contributed by atoms with E-state index in [0.717, 1.165) is 16.7 Å². The van der Waals surface area contributed by atoms with Crippen molar-refractivity contribution in [3.05, 3.63) is 95.6 Å². The van der Waals surface area contributed by atoms with Gasteiger partial charge in [0.1, 0.15) is 0 Å². The Morgan fingerprint density at radius 2 is 1.50 bits per heavy atom. The first kappa shape index (κ1) is 17.3. The fraction of sp³-hybridized carbons (Fsp3) is 0.0455. The molecule has 3 aromatic carbocycles. The lowest BCUT2D eigenvalue weighted by molar-refractivity contribution is 0.0954. The molecule has 0 radical (unpaired) electrons. The number of hydrogen-bond donors (Lipinski definition) is 1. The van der Waals surface area contributed by atoms with Crippen LogP contribution in [0.5, 0.6) is 0 Å². The highest BCUT2D eigenvalue weighted by Gasteiger charge is 2.05. The van der Waals surface area contributed by atoms with Crippen LogP contribution in [0.25, 0.3) is 11.1 Å². The molecule has 3 aromatic rings. The van der Waals surface area contributed by atoms with E-state index < -0.39 is 0 Å². The van der Waals surface area contributed by atoms with Gasteiger partial charge < -0.3 is 0 Å². The Kier molecular flexibility index (Phi) is 5.34. The highest BCUT2D eigenvalue weighted by molar-refractivity contribution is 5.97. The van der Waals surface area contributed by atoms with Gasteiger partial charge in [-0.25, -0.2) is 5.43 Å². The monoisotopic (exact) mass is 342 g/mol. The van der Waals surface area contributed by atoms with Crippen LogP contribution in [0.1, 0.15) is 33.2 Å². The third kappa shape index (κ3) is 4.30. The fourth-order valence-electron chi connectivity index (χ4n) is 2.51. The largest absolute Gasteiger partial charge is 0.295 e. The minimum Gasteiger partial charge on any atom is -0.295 e. The van der Waals surface area contributed by atoms with E-state index in [-0.39, 0.29) is 11.7 Å². The van der Waals surface area contributed by atoms with Crippen LogP contribution in [-0.2, 0) is 0 Å². The molecule has 0 fully saturated rings. The average molecular weight is 342 g/mol. The second kappa shape index (κ2) is 8.03. The van der Waals surface area contributed by atoms with Crippen molar-refractivity contribution in [1.82, 2.24) is 5.43 Å². The number of carbonyl (C=O) groups is 2. The summed E-state index contributed by atoms with van der Waals surface area (Å²) in [5, 5.41) is 3.96. The number of Topliss-reactive ketones (excluding diaryl/α,β-unsaturated/α-hetero) is 1. The molecule has 1 N–H and O–H groups in total. The lowest BCUT2D eigenvalue weighted by atomic mass is 10.0. The maximum absolute atomic E-state index is 12.2. The molecule has 4 nitrogen and oxygen atoms in total. The summed E-state index contributed by atoms with van der Waals surface area (Å²) in [6.07, 6.45) is 1.52. The van der Waals surface area contributed by atoms with E-state index in [1.54, 1.807) is 30.3 Å². The van der Waals surface area contributed by atoms with Crippen LogP contribution >= 0.6 is 0 Å². The quantitative estimate of drug-likeness (QED) is 0.426. The van der Waals surface area contributed by atoms with Crippen LogP contribution in [0.2, 0.25) is 0 Å². The van der Waals surface area contributed by atoms with E-state index in [1.807, 2.05) is 48.5 Å². The number of carbonyl (C=O) groups excluding carboxylic acids is 2. The second-order valence-electron chi connectivity index (χ2n) is 5.82. The number of hydrazone groups is 1. The summed E-state index contributed by atoms with van der Waals surface area (Å²) in [6, 6.07) is 24.4. The summed E-state index contributed by atoms with van der Waals surface area (Å²) in [5.74, 6) is -0.300. The van der Waals surface area contributed by atoms with Crippen LogP contribution in [-0.4, -0.2) is 17.9 Å². The van der Waals surface area contributed by atoms with Gasteiger partial charge in [0.2, 0.25) is 0 Å². The Morgan fingerprint density at radius 1 is 0.808 bits per heavy atom. The van der Waals surface area contributed by atoms with Crippen molar-refractivity contribution in [3.8, 4) is 11.1 Å². The van der Waals surface area contributed by atoms with Crippen molar-refractivity contribution in [2.24, 2.45) is 5.10 Å². The Labute approximate surface area is 152 Å². The minimum absolute atomic E-state index is 0.0113. The van der Waals surface area contributed by atoms with Gasteiger partial charge in [-0.05, 0) is 41.8 Å². The molecule has 26 heavy (non-hydrogen) atoms. The SMILES string of the molecule is CC(=O)c1cccc(C=NNC(=O)c2ccc(-c3ccccc3)cc2)c1. The van der Waals surface area contributed by atoms with Crippen molar-refractivity contribution in [3.63, 3.8) is 0 Å². The molecule has 0 spiro atoms. The number of ketones is 1. The zero-order valence-corrected chi connectivity index (χ0v) is 14.3. The molecule has 0 saturated carbocycles. The molecule has 1 amide bonds. The van der Waals surface area contributed by atoms with Gasteiger partial charge in [-0.3, -0.25) is 9.59 Å². The number of amides is 1. The Balaban J connectivity index is 1.65. The molecule has 0 aliphatic carbocycles. The van der Waals surface area contributed by atoms with Gasteiger partial charge in [-0.15, -0.1) is 0 Å². The van der Waals surface area contributed by atoms with Crippen LogP contribution in [0.4, 0.5) is 0 Å². The molecule has 0 aliphatic heterocycles. The maximum atomic E-state index is 12.2. The van der Waals surface area contributed by atoms with E-state index in [9.17, 15) is 9.59 Å². The normalized spacial score (nSPS) is 10.7. The predicted molar refractivity (Wildman–Crippen MR) is 103 cm³/mol. The van der Waals surface area contributed by atoms with Crippen molar-refractivity contribution in [1.29, 1.82) is 0 Å². The van der Waals surface area contributed by atoms with E-state index in [1.165, 1.54) is 13.1 Å². The summed E-state index contributed by atoms with van der Waals surface area (Å²) in [5.41, 5.74) is 6.53. The zero-order chi connectivity index (χ0) is 18.4. The number of benzene rings is 3. The zero-order valence-electron chi connectivity index (χ0n) is 14.3. The number of hydrogen-bond acceptors (Lipinski definition) is 3. The van der Waals surface area contributed by atoms with Gasteiger partial charge in [-0.2, -0.15) is 5.10 Å². The third-order valence-electron chi connectivity index (χ3n) is 3.93. The first-order valence-electron chi connectivity index (χ1n) is 8.23. The molecule has 3 rings (SSSR count). The van der Waals surface area contributed by atoms with Crippen LogP contribution in [0.15, 0.2) is 84.0 Å². The van der Waals surface area contributed by atoms with E-state index in [4.69, 9.17) is 0 Å². The van der Waals surface area contributed by atoms with Crippen molar-refractivity contribution in [2.75, 3.05) is 0 Å². The molecule has 0 saturated heterocycles. The molecule has 0 unspecified atom stereocenters. The topological polar surface area (TPSA) is 58.5 Å². The highest BCUT2D eigenvalue weighted by Crippen LogP contribution is 2.19. The molecule has 0 aromatic heterocycles. The standard InChI is InChI=1S/C22H18N2O2/c1-16(25)21-9-5-6-17(14-21)15-23-24-22(26)20-12-10-19(11-13-20)18-7-3-2-4-8-18/h2-15H,1H3,(H,24,26). The molecule has 0 atom stereocenters. The number of nitrogens with one attached hydrogen (secondary N) is 1. The molecular formula is C22H18N2O2. The number of nitrogens with zero attached hydrogens (tertiary/aromatic N) is 1. The predicted octanol–water partition coefficient (Wildman–Crippen LogP) is 4.32. The van der Waals surface area contributed by atoms with E-state index in [2.05, 4.69) is 10.5 Å². The average Bonchev–Trinajstić information content (AvgIpc) is 2.69. The highest BCUT2D eigenvalue weighted by atomic mass is 16.2. The molecule has 0 heterocycles. The summed E-state index contributed by atoms with van der Waals surface area (Å²) in [7, 11) is 0. The van der Waals surface area contributed by atoms with Gasteiger partial charge >= 0.3 is 0 Å². The molecule has 0 aliphatic rings. The lowest BCUT2D eigenvalue weighted by Gasteiger charge is -2.04. The Hall–Kier alpha value is -3.53. The Morgan fingerprint density at radius 3 is 2.19 bits per heavy atom. The summed E-state index contributed by atoms with van der Waals surface area (Å²) in [6.45, 7) is 1.51. The fourth-order valence-corrected chi connectivity index (χ4v) is 2.51. The lowest BCUT2D eigenvalue weighted by Crippen LogP contribution is -2.17. The Bertz CT molecular complexity index is 945. The molecular weight excluding hydrogens is 324 g/mol. The van der Waals surface area contributed by atoms with Crippen molar-refractivity contribution in [2.45, 2.75) is 6.92 Å². The first-order chi connectivity index (χ1) is 12.6. The smallest absolute Gasteiger partial charge is 0.271 e. The first-order valence-corrected chi connectivity index (χ1v) is 8.23. The van der Waals surface area contributed by atoms with Crippen molar-refractivity contribution < 1.29 is 9.59 Å². The molecule has 128 valence electrons. The van der Waals surface area contributed by atoms with Gasteiger partial charge in [0.15, 0.2) is 5.78 Å². The van der Waals surface area contributed by atoms with Gasteiger partial charge in [0.05, 0.1) is 6.21 Å². The van der Waals surface area contributed by atoms with Gasteiger partial charge in [0.25, 0.3) is 5.91 Å². The third-order valence-corrected chi connectivity index (χ3v) is 3.93. The molecule has 0 bridgehead atoms. The van der Waals surface area contributed by atoms with Crippen LogP contribution < -0.4 is 5.43 Å². The molecule has 4 heteroatoms. The summed E-state index contributed by atoms with van der Waals surface area (Å²) in [4.78, 5) is 23.6. The van der Waals surface area contributed by atoms with E-state index in [0.29, 0.717) is 11.1 Å². The summed E-state index contributed by atoms with van der Waals surface area (Å²) < 4.78 is 0. The van der Waals surface area contributed by atoms with E-state index >= 15 is 0 Å². The maximum Gasteiger partial charge on any atom is 0.271 e. The van der Waals surface area contributed by atoms with Crippen molar-refractivity contribution >= 4 is 17.9 Å². The number of rotatable bonds is 5. The van der Waals surface area contributed by atoms with Gasteiger partial charge in [-0.1, -0.05) is 60.7 Å². The minimum atomic E-state index is -0.288.